The summed E-state index contributed by atoms with van der Waals surface area (Å²) >= 11 is 0. The van der Waals surface area contributed by atoms with Crippen LogP contribution >= 0.6 is 10.7 Å². The van der Waals surface area contributed by atoms with Crippen molar-refractivity contribution in [2.24, 2.45) is 5.92 Å². The maximum atomic E-state index is 11.2. The van der Waals surface area contributed by atoms with E-state index in [9.17, 15) is 8.42 Å². The summed E-state index contributed by atoms with van der Waals surface area (Å²) in [6, 6.07) is 6.02. The Kier molecular flexibility index (Phi) is 7.01. The molecule has 0 radical (unpaired) electrons. The van der Waals surface area contributed by atoms with Crippen LogP contribution in [-0.4, -0.2) is 20.8 Å². The van der Waals surface area contributed by atoms with Crippen molar-refractivity contribution < 1.29 is 13.2 Å². The summed E-state index contributed by atoms with van der Waals surface area (Å²) in [6.07, 6.45) is 1.70. The summed E-state index contributed by atoms with van der Waals surface area (Å²) < 4.78 is 28.2. The second kappa shape index (κ2) is 8.04. The van der Waals surface area contributed by atoms with Crippen LogP contribution in [0, 0.1) is 12.8 Å². The minimum atomic E-state index is -3.48. The topological polar surface area (TPSA) is 43.4 Å². The van der Waals surface area contributed by atoms with Crippen LogP contribution in [0.25, 0.3) is 0 Å². The van der Waals surface area contributed by atoms with E-state index < -0.39 is 9.05 Å². The maximum Gasteiger partial charge on any atom is 0.232 e. The van der Waals surface area contributed by atoms with Gasteiger partial charge in [0.05, 0.1) is 12.4 Å². The molecule has 0 saturated carbocycles. The van der Waals surface area contributed by atoms with Crippen LogP contribution in [0.1, 0.15) is 50.7 Å². The zero-order chi connectivity index (χ0) is 16.0. The monoisotopic (exact) mass is 332 g/mol. The van der Waals surface area contributed by atoms with Crippen LogP contribution in [-0.2, 0) is 9.05 Å². The summed E-state index contributed by atoms with van der Waals surface area (Å²) in [6.45, 7) is 8.78. The van der Waals surface area contributed by atoms with Crippen LogP contribution in [0.15, 0.2) is 18.2 Å². The predicted molar refractivity (Wildman–Crippen MR) is 88.8 cm³/mol. The zero-order valence-corrected chi connectivity index (χ0v) is 14.8. The summed E-state index contributed by atoms with van der Waals surface area (Å²) in [5.74, 6) is 1.16. The second-order valence-corrected chi connectivity index (χ2v) is 8.67. The van der Waals surface area contributed by atoms with Gasteiger partial charge in [-0.1, -0.05) is 33.3 Å². The highest BCUT2D eigenvalue weighted by atomic mass is 35.7. The van der Waals surface area contributed by atoms with Gasteiger partial charge in [-0.25, -0.2) is 8.42 Å². The minimum absolute atomic E-state index is 0.0363. The van der Waals surface area contributed by atoms with Gasteiger partial charge in [-0.15, -0.1) is 0 Å². The van der Waals surface area contributed by atoms with E-state index in [1.807, 2.05) is 19.1 Å². The van der Waals surface area contributed by atoms with Crippen molar-refractivity contribution in [2.75, 3.05) is 12.4 Å². The van der Waals surface area contributed by atoms with E-state index in [1.165, 1.54) is 11.1 Å². The Morgan fingerprint density at radius 2 is 1.95 bits per heavy atom. The molecule has 0 fully saturated rings. The van der Waals surface area contributed by atoms with Gasteiger partial charge in [0.25, 0.3) is 0 Å². The fourth-order valence-corrected chi connectivity index (χ4v) is 3.86. The Morgan fingerprint density at radius 3 is 2.43 bits per heavy atom. The predicted octanol–water partition coefficient (Wildman–Crippen LogP) is 4.48. The summed E-state index contributed by atoms with van der Waals surface area (Å²) in [5.41, 5.74) is 2.50. The van der Waals surface area contributed by atoms with Gasteiger partial charge >= 0.3 is 0 Å². The fraction of sp³-hybridized carbons (Fsp3) is 0.625. The smallest absolute Gasteiger partial charge is 0.232 e. The first-order valence-corrected chi connectivity index (χ1v) is 9.86. The van der Waals surface area contributed by atoms with E-state index in [0.717, 1.165) is 18.6 Å². The van der Waals surface area contributed by atoms with Gasteiger partial charge in [-0.05, 0) is 42.5 Å². The Labute approximate surface area is 133 Å². The maximum absolute atomic E-state index is 11.2. The van der Waals surface area contributed by atoms with E-state index in [4.69, 9.17) is 15.4 Å². The molecule has 21 heavy (non-hydrogen) atoms. The molecule has 3 nitrogen and oxygen atoms in total. The third kappa shape index (κ3) is 6.70. The molecule has 0 aliphatic carbocycles. The third-order valence-corrected chi connectivity index (χ3v) is 4.73. The molecule has 0 aliphatic rings. The molecular formula is C16H25ClO3S. The van der Waals surface area contributed by atoms with Gasteiger partial charge in [0, 0.05) is 16.6 Å². The SMILES string of the molecule is CCCC(COc1ccc(C(C)C)c(C)c1)CS(=O)(=O)Cl. The molecule has 0 bridgehead atoms. The molecule has 1 atom stereocenters. The molecule has 0 heterocycles. The van der Waals surface area contributed by atoms with E-state index >= 15 is 0 Å². The van der Waals surface area contributed by atoms with Gasteiger partial charge < -0.3 is 4.74 Å². The van der Waals surface area contributed by atoms with Crippen molar-refractivity contribution in [3.05, 3.63) is 29.3 Å². The van der Waals surface area contributed by atoms with E-state index in [-0.39, 0.29) is 11.7 Å². The molecule has 0 amide bonds. The van der Waals surface area contributed by atoms with Crippen LogP contribution in [0.4, 0.5) is 0 Å². The normalized spacial score (nSPS) is 13.4. The van der Waals surface area contributed by atoms with Gasteiger partial charge in [-0.2, -0.15) is 0 Å². The van der Waals surface area contributed by atoms with Crippen molar-refractivity contribution >= 4 is 19.7 Å². The highest BCUT2D eigenvalue weighted by molar-refractivity contribution is 8.13. The van der Waals surface area contributed by atoms with Crippen molar-refractivity contribution in [2.45, 2.75) is 46.5 Å². The lowest BCUT2D eigenvalue weighted by molar-refractivity contribution is 0.253. The van der Waals surface area contributed by atoms with Crippen molar-refractivity contribution in [3.8, 4) is 5.75 Å². The summed E-state index contributed by atoms with van der Waals surface area (Å²) in [5, 5.41) is 0. The van der Waals surface area contributed by atoms with E-state index in [0.29, 0.717) is 12.5 Å². The molecule has 1 unspecified atom stereocenters. The molecule has 0 saturated heterocycles. The largest absolute Gasteiger partial charge is 0.493 e. The molecule has 120 valence electrons. The lowest BCUT2D eigenvalue weighted by Gasteiger charge is -2.17. The lowest BCUT2D eigenvalue weighted by Crippen LogP contribution is -2.19. The number of halogens is 1. The Bertz CT molecular complexity index is 553. The van der Waals surface area contributed by atoms with Gasteiger partial charge in [-0.3, -0.25) is 0 Å². The second-order valence-electron chi connectivity index (χ2n) is 5.84. The highest BCUT2D eigenvalue weighted by Gasteiger charge is 2.17. The molecular weight excluding hydrogens is 308 g/mol. The average molecular weight is 333 g/mol. The summed E-state index contributed by atoms with van der Waals surface area (Å²) in [7, 11) is 1.86. The number of aryl methyl sites for hydroxylation is 1. The van der Waals surface area contributed by atoms with Gasteiger partial charge in [0.2, 0.25) is 9.05 Å². The molecule has 5 heteroatoms. The van der Waals surface area contributed by atoms with Crippen LogP contribution < -0.4 is 4.74 Å². The standard InChI is InChI=1S/C16H25ClO3S/c1-5-6-14(11-21(17,18)19)10-20-15-7-8-16(12(2)3)13(4)9-15/h7-9,12,14H,5-6,10-11H2,1-4H3. The molecule has 1 aromatic rings. The molecule has 0 spiro atoms. The average Bonchev–Trinajstić information content (AvgIpc) is 2.34. The first kappa shape index (κ1) is 18.3. The lowest BCUT2D eigenvalue weighted by atomic mass is 9.98. The van der Waals surface area contributed by atoms with Crippen LogP contribution in [0.3, 0.4) is 0 Å². The molecule has 1 aromatic carbocycles. The highest BCUT2D eigenvalue weighted by Crippen LogP contribution is 2.24. The number of rotatable bonds is 8. The van der Waals surface area contributed by atoms with Crippen LogP contribution in [0.5, 0.6) is 5.75 Å². The number of ether oxygens (including phenoxy) is 1. The molecule has 0 aliphatic heterocycles. The first-order valence-electron chi connectivity index (χ1n) is 7.38. The van der Waals surface area contributed by atoms with Gasteiger partial charge in [0.15, 0.2) is 0 Å². The quantitative estimate of drug-likeness (QED) is 0.659. The Hall–Kier alpha value is -0.740. The Morgan fingerprint density at radius 1 is 1.29 bits per heavy atom. The van der Waals surface area contributed by atoms with Crippen LogP contribution in [0.2, 0.25) is 0 Å². The van der Waals surface area contributed by atoms with Gasteiger partial charge in [0.1, 0.15) is 5.75 Å². The van der Waals surface area contributed by atoms with Crippen molar-refractivity contribution in [3.63, 3.8) is 0 Å². The van der Waals surface area contributed by atoms with E-state index in [1.54, 1.807) is 0 Å². The number of hydrogen-bond donors (Lipinski definition) is 0. The molecule has 0 aromatic heterocycles. The number of benzene rings is 1. The van der Waals surface area contributed by atoms with Crippen molar-refractivity contribution in [1.82, 2.24) is 0 Å². The van der Waals surface area contributed by atoms with Crippen molar-refractivity contribution in [1.29, 1.82) is 0 Å². The molecule has 0 N–H and O–H groups in total. The Balaban J connectivity index is 2.69. The fourth-order valence-electron chi connectivity index (χ4n) is 2.50. The third-order valence-electron chi connectivity index (χ3n) is 3.48. The summed E-state index contributed by atoms with van der Waals surface area (Å²) in [4.78, 5) is 0. The number of hydrogen-bond acceptors (Lipinski definition) is 3. The zero-order valence-electron chi connectivity index (χ0n) is 13.2. The molecule has 1 rings (SSSR count). The van der Waals surface area contributed by atoms with E-state index in [2.05, 4.69) is 26.8 Å². The first-order chi connectivity index (χ1) is 9.73. The minimum Gasteiger partial charge on any atom is -0.493 e.